The lowest BCUT2D eigenvalue weighted by atomic mass is 10.3. The Hall–Kier alpha value is -2.68. The average molecular weight is 346 g/mol. The third-order valence-corrected chi connectivity index (χ3v) is 3.75. The van der Waals surface area contributed by atoms with Crippen molar-refractivity contribution in [1.82, 2.24) is 30.1 Å². The number of H-pyrrole nitrogens is 3. The van der Waals surface area contributed by atoms with E-state index in [4.69, 9.17) is 0 Å². The number of halogens is 1. The first kappa shape index (κ1) is 12.1. The highest BCUT2D eigenvalue weighted by Crippen LogP contribution is 2.29. The zero-order valence-corrected chi connectivity index (χ0v) is 12.0. The molecule has 4 aromatic heterocycles. The molecular weight excluding hydrogens is 338 g/mol. The standard InChI is InChI=1S/C12H8BrN7O/c13-6-3-14-10-8(6)11(16-4-15-10)18-7-1-5-2-17-20-9(5)19-12(7)21/h1-4H,(H2,14,15,16,18)(H2,17,19,20,21). The number of aromatic nitrogens is 6. The summed E-state index contributed by atoms with van der Waals surface area (Å²) in [5.74, 6) is 0.543. The average Bonchev–Trinajstić information content (AvgIpc) is 3.07. The fourth-order valence-corrected chi connectivity index (χ4v) is 2.64. The second kappa shape index (κ2) is 4.42. The summed E-state index contributed by atoms with van der Waals surface area (Å²) in [6.07, 6.45) is 4.84. The second-order valence-electron chi connectivity index (χ2n) is 4.42. The van der Waals surface area contributed by atoms with Gasteiger partial charge in [0.1, 0.15) is 29.1 Å². The number of nitrogens with one attached hydrogen (secondary N) is 4. The van der Waals surface area contributed by atoms with Gasteiger partial charge in [-0.05, 0) is 22.0 Å². The van der Waals surface area contributed by atoms with Gasteiger partial charge < -0.3 is 15.3 Å². The van der Waals surface area contributed by atoms with Crippen LogP contribution in [0.1, 0.15) is 0 Å². The fraction of sp³-hybridized carbons (Fsp3) is 0. The first-order valence-corrected chi connectivity index (χ1v) is 6.82. The molecule has 8 nitrogen and oxygen atoms in total. The Morgan fingerprint density at radius 1 is 1.29 bits per heavy atom. The van der Waals surface area contributed by atoms with Crippen LogP contribution in [0.3, 0.4) is 0 Å². The molecule has 0 aromatic carbocycles. The minimum absolute atomic E-state index is 0.259. The number of anilines is 2. The molecule has 21 heavy (non-hydrogen) atoms. The van der Waals surface area contributed by atoms with E-state index in [1.165, 1.54) is 6.33 Å². The summed E-state index contributed by atoms with van der Waals surface area (Å²) in [6.45, 7) is 0. The smallest absolute Gasteiger partial charge is 0.273 e. The Labute approximate surface area is 125 Å². The van der Waals surface area contributed by atoms with Gasteiger partial charge in [0.25, 0.3) is 5.56 Å². The van der Waals surface area contributed by atoms with Crippen molar-refractivity contribution in [1.29, 1.82) is 0 Å². The Balaban J connectivity index is 1.88. The summed E-state index contributed by atoms with van der Waals surface area (Å²) in [4.78, 5) is 26.1. The highest BCUT2D eigenvalue weighted by molar-refractivity contribution is 9.10. The summed E-state index contributed by atoms with van der Waals surface area (Å²) < 4.78 is 0.821. The maximum Gasteiger partial charge on any atom is 0.273 e. The summed E-state index contributed by atoms with van der Waals surface area (Å²) >= 11 is 3.43. The van der Waals surface area contributed by atoms with Crippen molar-refractivity contribution in [3.8, 4) is 0 Å². The minimum atomic E-state index is -0.259. The second-order valence-corrected chi connectivity index (χ2v) is 5.27. The largest absolute Gasteiger partial charge is 0.345 e. The molecule has 0 unspecified atom stereocenters. The number of nitrogens with zero attached hydrogens (tertiary/aromatic N) is 3. The first-order chi connectivity index (χ1) is 10.2. The van der Waals surface area contributed by atoms with E-state index in [0.717, 1.165) is 15.2 Å². The topological polar surface area (TPSA) is 115 Å². The highest BCUT2D eigenvalue weighted by atomic mass is 79.9. The Morgan fingerprint density at radius 2 is 2.19 bits per heavy atom. The molecule has 0 radical (unpaired) electrons. The summed E-state index contributed by atoms with van der Waals surface area (Å²) in [5, 5.41) is 11.2. The van der Waals surface area contributed by atoms with Crippen LogP contribution in [0.25, 0.3) is 22.1 Å². The third-order valence-electron chi connectivity index (χ3n) is 3.13. The van der Waals surface area contributed by atoms with Crippen LogP contribution in [0.4, 0.5) is 11.5 Å². The van der Waals surface area contributed by atoms with Crippen molar-refractivity contribution in [3.05, 3.63) is 39.6 Å². The van der Waals surface area contributed by atoms with E-state index in [0.29, 0.717) is 22.8 Å². The lowest BCUT2D eigenvalue weighted by Crippen LogP contribution is -2.11. The van der Waals surface area contributed by atoms with Gasteiger partial charge in [-0.3, -0.25) is 9.89 Å². The predicted molar refractivity (Wildman–Crippen MR) is 81.6 cm³/mol. The molecule has 0 bridgehead atoms. The molecule has 104 valence electrons. The highest BCUT2D eigenvalue weighted by Gasteiger charge is 2.11. The SMILES string of the molecule is O=c1[nH]c2[nH]ncc2cc1Nc1ncnc2[nH]cc(Br)c12. The molecule has 0 fully saturated rings. The van der Waals surface area contributed by atoms with Gasteiger partial charge in [0.05, 0.1) is 11.6 Å². The Morgan fingerprint density at radius 3 is 3.10 bits per heavy atom. The molecule has 0 spiro atoms. The number of pyridine rings is 1. The maximum atomic E-state index is 12.1. The minimum Gasteiger partial charge on any atom is -0.345 e. The molecule has 0 aliphatic heterocycles. The van der Waals surface area contributed by atoms with Crippen LogP contribution in [0, 0.1) is 0 Å². The van der Waals surface area contributed by atoms with E-state index in [9.17, 15) is 4.79 Å². The molecular formula is C12H8BrN7O. The van der Waals surface area contributed by atoms with E-state index in [1.807, 2.05) is 0 Å². The van der Waals surface area contributed by atoms with Crippen LogP contribution in [0.2, 0.25) is 0 Å². The van der Waals surface area contributed by atoms with Crippen molar-refractivity contribution < 1.29 is 0 Å². The molecule has 0 amide bonds. The normalized spacial score (nSPS) is 11.3. The summed E-state index contributed by atoms with van der Waals surface area (Å²) in [7, 11) is 0. The number of hydrogen-bond acceptors (Lipinski definition) is 5. The molecule has 4 rings (SSSR count). The van der Waals surface area contributed by atoms with Gasteiger partial charge in [-0.25, -0.2) is 9.97 Å². The molecule has 0 aliphatic rings. The van der Waals surface area contributed by atoms with Gasteiger partial charge in [-0.2, -0.15) is 5.10 Å². The van der Waals surface area contributed by atoms with E-state index in [-0.39, 0.29) is 5.56 Å². The number of fused-ring (bicyclic) bond motifs is 2. The summed E-state index contributed by atoms with van der Waals surface area (Å²) in [6, 6.07) is 1.71. The van der Waals surface area contributed by atoms with Crippen molar-refractivity contribution in [2.45, 2.75) is 0 Å². The van der Waals surface area contributed by atoms with Crippen LogP contribution in [-0.2, 0) is 0 Å². The van der Waals surface area contributed by atoms with Gasteiger partial charge in [-0.1, -0.05) is 0 Å². The zero-order valence-electron chi connectivity index (χ0n) is 10.4. The lowest BCUT2D eigenvalue weighted by Gasteiger charge is -2.06. The monoisotopic (exact) mass is 345 g/mol. The van der Waals surface area contributed by atoms with Crippen LogP contribution >= 0.6 is 15.9 Å². The molecule has 0 aliphatic carbocycles. The maximum absolute atomic E-state index is 12.1. The fourth-order valence-electron chi connectivity index (χ4n) is 2.15. The van der Waals surface area contributed by atoms with Gasteiger partial charge in [0, 0.05) is 16.1 Å². The Kier molecular flexibility index (Phi) is 2.54. The number of aromatic amines is 3. The van der Waals surface area contributed by atoms with Crippen LogP contribution in [-0.4, -0.2) is 30.1 Å². The van der Waals surface area contributed by atoms with Crippen molar-refractivity contribution in [2.24, 2.45) is 0 Å². The number of rotatable bonds is 2. The van der Waals surface area contributed by atoms with Crippen molar-refractivity contribution in [2.75, 3.05) is 5.32 Å². The summed E-state index contributed by atoms with van der Waals surface area (Å²) in [5.41, 5.74) is 1.39. The molecule has 4 aromatic rings. The third kappa shape index (κ3) is 1.89. The lowest BCUT2D eigenvalue weighted by molar-refractivity contribution is 1.09. The van der Waals surface area contributed by atoms with Gasteiger partial charge in [-0.15, -0.1) is 0 Å². The van der Waals surface area contributed by atoms with Gasteiger partial charge in [0.15, 0.2) is 0 Å². The van der Waals surface area contributed by atoms with E-state index < -0.39 is 0 Å². The first-order valence-electron chi connectivity index (χ1n) is 6.03. The molecule has 9 heteroatoms. The molecule has 4 N–H and O–H groups in total. The van der Waals surface area contributed by atoms with Crippen LogP contribution in [0.15, 0.2) is 34.1 Å². The predicted octanol–water partition coefficient (Wildman–Crippen LogP) is 2.03. The van der Waals surface area contributed by atoms with Gasteiger partial charge >= 0.3 is 0 Å². The molecule has 0 atom stereocenters. The van der Waals surface area contributed by atoms with Crippen LogP contribution < -0.4 is 10.9 Å². The molecule has 0 saturated heterocycles. The van der Waals surface area contributed by atoms with E-state index >= 15 is 0 Å². The zero-order chi connectivity index (χ0) is 14.4. The quantitative estimate of drug-likeness (QED) is 0.443. The van der Waals surface area contributed by atoms with Gasteiger partial charge in [0.2, 0.25) is 0 Å². The van der Waals surface area contributed by atoms with Crippen molar-refractivity contribution in [3.63, 3.8) is 0 Å². The molecule has 0 saturated carbocycles. The number of hydrogen-bond donors (Lipinski definition) is 4. The van der Waals surface area contributed by atoms with E-state index in [2.05, 4.69) is 51.4 Å². The molecule has 4 heterocycles. The van der Waals surface area contributed by atoms with Crippen LogP contribution in [0.5, 0.6) is 0 Å². The van der Waals surface area contributed by atoms with E-state index in [1.54, 1.807) is 18.5 Å². The Bertz CT molecular complexity index is 1020. The van der Waals surface area contributed by atoms with Crippen molar-refractivity contribution >= 4 is 49.5 Å².